The zero-order valence-corrected chi connectivity index (χ0v) is 11.5. The average molecular weight is 402 g/mol. The second-order valence-electron chi connectivity index (χ2n) is 2.29. The molecular formula is C9H10NO2U-. The monoisotopic (exact) mass is 402 g/mol. The van der Waals surface area contributed by atoms with Crippen LogP contribution in [0.25, 0.3) is 0 Å². The molecule has 0 radical (unpaired) electrons. The van der Waals surface area contributed by atoms with Gasteiger partial charge in [-0.05, 0) is 6.07 Å². The number of methoxy groups -OCH3 is 1. The Bertz CT molecular complexity index is 251. The molecule has 0 bridgehead atoms. The molecule has 0 spiro atoms. The normalized spacial score (nSPS) is 8.38. The molecule has 1 aromatic rings. The molecule has 13 heavy (non-hydrogen) atoms. The maximum Gasteiger partial charge on any atom is 0.166 e. The fourth-order valence-electron chi connectivity index (χ4n) is 0.803. The number of pyridine rings is 1. The number of carbonyl (C=O) groups excluding carboxylic acids is 1. The van der Waals surface area contributed by atoms with Crippen molar-refractivity contribution in [1.29, 1.82) is 0 Å². The molecule has 0 saturated heterocycles. The third-order valence-corrected chi connectivity index (χ3v) is 1.43. The molecule has 3 nitrogen and oxygen atoms in total. The molecule has 0 aliphatic rings. The van der Waals surface area contributed by atoms with Gasteiger partial charge in [0, 0.05) is 43.5 Å². The van der Waals surface area contributed by atoms with E-state index in [1.54, 1.807) is 12.4 Å². The van der Waals surface area contributed by atoms with E-state index in [9.17, 15) is 4.79 Å². The Labute approximate surface area is 101 Å². The van der Waals surface area contributed by atoms with E-state index in [0.29, 0.717) is 6.42 Å². The molecule has 0 fully saturated rings. The molecule has 4 heteroatoms. The summed E-state index contributed by atoms with van der Waals surface area (Å²) in [5.41, 5.74) is 1.00. The summed E-state index contributed by atoms with van der Waals surface area (Å²) in [4.78, 5) is 14.6. The number of hydrogen-bond donors (Lipinski definition) is 0. The van der Waals surface area contributed by atoms with Crippen LogP contribution in [0.5, 0.6) is 0 Å². The van der Waals surface area contributed by atoms with E-state index in [2.05, 4.69) is 9.72 Å². The fraction of sp³-hybridized carbons (Fsp3) is 0.222. The molecule has 1 rings (SSSR count). The molecule has 1 aromatic heterocycles. The van der Waals surface area contributed by atoms with Crippen LogP contribution in [0.1, 0.15) is 5.56 Å². The standard InChI is InChI=1S/C9H10NO2.U/c1-12-9(11)5-4-8-3-2-6-10-7-8;/h2-3,5-7H,4H2,1H3;/q-1;. The Morgan fingerprint density at radius 2 is 2.46 bits per heavy atom. The first kappa shape index (κ1) is 12.5. The van der Waals surface area contributed by atoms with E-state index in [1.807, 2.05) is 12.1 Å². The summed E-state index contributed by atoms with van der Waals surface area (Å²) in [6.07, 6.45) is 5.47. The third-order valence-electron chi connectivity index (χ3n) is 1.43. The number of carbonyl (C=O) groups is 1. The number of ether oxygens (including phenoxy) is 1. The molecular weight excluding hydrogens is 392 g/mol. The largest absolute Gasteiger partial charge is 0.491 e. The van der Waals surface area contributed by atoms with Crippen LogP contribution in [-0.4, -0.2) is 18.1 Å². The summed E-state index contributed by atoms with van der Waals surface area (Å²) >= 11 is 0. The Kier molecular flexibility index (Phi) is 6.75. The van der Waals surface area contributed by atoms with E-state index < -0.39 is 0 Å². The van der Waals surface area contributed by atoms with Crippen LogP contribution < -0.4 is 0 Å². The molecule has 0 atom stereocenters. The average Bonchev–Trinajstić information content (AvgIpc) is 2.16. The number of nitrogens with zero attached hydrogens (tertiary/aromatic N) is 1. The molecule has 68 valence electrons. The summed E-state index contributed by atoms with van der Waals surface area (Å²) in [5, 5.41) is 0. The SMILES string of the molecule is COC(=O)[CH-]Cc1cccnc1.[U]. The first-order valence-corrected chi connectivity index (χ1v) is 3.63. The Morgan fingerprint density at radius 1 is 1.69 bits per heavy atom. The van der Waals surface area contributed by atoms with Gasteiger partial charge < -0.3 is 4.74 Å². The summed E-state index contributed by atoms with van der Waals surface area (Å²) in [6, 6.07) is 3.74. The van der Waals surface area contributed by atoms with E-state index in [0.717, 1.165) is 5.56 Å². The third kappa shape index (κ3) is 4.97. The summed E-state index contributed by atoms with van der Waals surface area (Å²) < 4.78 is 4.46. The first-order valence-electron chi connectivity index (χ1n) is 3.63. The van der Waals surface area contributed by atoms with Crippen LogP contribution in [0.2, 0.25) is 0 Å². The predicted octanol–water partition coefficient (Wildman–Crippen LogP) is 1.00. The van der Waals surface area contributed by atoms with Crippen molar-refractivity contribution in [2.75, 3.05) is 7.11 Å². The molecule has 0 aliphatic carbocycles. The van der Waals surface area contributed by atoms with Crippen LogP contribution in [0.4, 0.5) is 0 Å². The second-order valence-corrected chi connectivity index (χ2v) is 2.29. The Hall–Kier alpha value is -0.458. The van der Waals surface area contributed by atoms with Crippen molar-refractivity contribution < 1.29 is 40.6 Å². The molecule has 0 aromatic carbocycles. The van der Waals surface area contributed by atoms with Crippen molar-refractivity contribution in [3.63, 3.8) is 0 Å². The number of rotatable bonds is 3. The number of esters is 1. The first-order chi connectivity index (χ1) is 5.83. The smallest absolute Gasteiger partial charge is 0.166 e. The molecule has 0 N–H and O–H groups in total. The minimum Gasteiger partial charge on any atom is -0.491 e. The van der Waals surface area contributed by atoms with Crippen LogP contribution in [0.15, 0.2) is 24.5 Å². The van der Waals surface area contributed by atoms with Gasteiger partial charge >= 0.3 is 0 Å². The number of hydrogen-bond acceptors (Lipinski definition) is 3. The van der Waals surface area contributed by atoms with Crippen LogP contribution >= 0.6 is 0 Å². The molecule has 0 amide bonds. The van der Waals surface area contributed by atoms with Crippen molar-refractivity contribution in [2.24, 2.45) is 0 Å². The number of aromatic nitrogens is 1. The van der Waals surface area contributed by atoms with Gasteiger partial charge in [-0.25, -0.2) is 0 Å². The van der Waals surface area contributed by atoms with Crippen LogP contribution in [-0.2, 0) is 16.0 Å². The van der Waals surface area contributed by atoms with Crippen molar-refractivity contribution in [1.82, 2.24) is 4.98 Å². The van der Waals surface area contributed by atoms with Gasteiger partial charge in [-0.1, -0.05) is 11.6 Å². The molecule has 0 unspecified atom stereocenters. The van der Waals surface area contributed by atoms with Gasteiger partial charge in [0.1, 0.15) is 0 Å². The summed E-state index contributed by atoms with van der Waals surface area (Å²) in [6.45, 7) is 0. The topological polar surface area (TPSA) is 39.2 Å². The molecule has 1 heterocycles. The van der Waals surface area contributed by atoms with Crippen molar-refractivity contribution >= 4 is 5.97 Å². The quantitative estimate of drug-likeness (QED) is 0.560. The molecule has 0 aliphatic heterocycles. The van der Waals surface area contributed by atoms with E-state index in [-0.39, 0.29) is 37.1 Å². The molecule has 0 saturated carbocycles. The van der Waals surface area contributed by atoms with Gasteiger partial charge in [-0.2, -0.15) is 0 Å². The van der Waals surface area contributed by atoms with Crippen molar-refractivity contribution in [3.05, 3.63) is 36.5 Å². The van der Waals surface area contributed by atoms with Gasteiger partial charge in [0.2, 0.25) is 0 Å². The fourth-order valence-corrected chi connectivity index (χ4v) is 0.803. The minimum absolute atomic E-state index is 0. The Balaban J connectivity index is 0.00000144. The van der Waals surface area contributed by atoms with Gasteiger partial charge in [0.05, 0.1) is 7.11 Å². The van der Waals surface area contributed by atoms with Crippen molar-refractivity contribution in [2.45, 2.75) is 6.42 Å². The summed E-state index contributed by atoms with van der Waals surface area (Å²) in [5.74, 6) is -0.307. The Morgan fingerprint density at radius 3 is 3.00 bits per heavy atom. The summed E-state index contributed by atoms with van der Waals surface area (Å²) in [7, 11) is 1.36. The second kappa shape index (κ2) is 6.99. The zero-order chi connectivity index (χ0) is 8.81. The van der Waals surface area contributed by atoms with Crippen molar-refractivity contribution in [3.8, 4) is 0 Å². The van der Waals surface area contributed by atoms with Crippen LogP contribution in [0, 0.1) is 37.5 Å². The predicted molar refractivity (Wildman–Crippen MR) is 44.3 cm³/mol. The van der Waals surface area contributed by atoms with Crippen LogP contribution in [0.3, 0.4) is 0 Å². The maximum absolute atomic E-state index is 10.7. The van der Waals surface area contributed by atoms with Gasteiger partial charge in [0.15, 0.2) is 5.97 Å². The van der Waals surface area contributed by atoms with E-state index in [4.69, 9.17) is 0 Å². The van der Waals surface area contributed by atoms with Gasteiger partial charge in [-0.3, -0.25) is 16.2 Å². The van der Waals surface area contributed by atoms with Gasteiger partial charge in [-0.15, -0.1) is 6.42 Å². The maximum atomic E-state index is 10.7. The van der Waals surface area contributed by atoms with E-state index in [1.165, 1.54) is 13.5 Å². The van der Waals surface area contributed by atoms with Gasteiger partial charge in [0.25, 0.3) is 0 Å². The zero-order valence-electron chi connectivity index (χ0n) is 7.36. The minimum atomic E-state index is -0.307. The van der Waals surface area contributed by atoms with E-state index >= 15 is 0 Å².